The number of carbonyl (C=O) groups excluding carboxylic acids is 1. The van der Waals surface area contributed by atoms with Crippen LogP contribution in [-0.4, -0.2) is 27.5 Å². The van der Waals surface area contributed by atoms with Gasteiger partial charge in [0.2, 0.25) is 0 Å². The van der Waals surface area contributed by atoms with Crippen LogP contribution in [0.1, 0.15) is 34.1 Å². The molecular formula is C22H19N3O7. The lowest BCUT2D eigenvalue weighted by molar-refractivity contribution is -0.386. The van der Waals surface area contributed by atoms with Crippen LogP contribution in [0.5, 0.6) is 11.5 Å². The molecule has 0 spiro atoms. The number of nitrogens with zero attached hydrogens (tertiary/aromatic N) is 1. The highest BCUT2D eigenvalue weighted by atomic mass is 16.6. The average molecular weight is 437 g/mol. The number of hydrogen-bond acceptors (Lipinski definition) is 7. The summed E-state index contributed by atoms with van der Waals surface area (Å²) in [6.45, 7) is 3.97. The van der Waals surface area contributed by atoms with Gasteiger partial charge in [0.05, 0.1) is 17.1 Å². The summed E-state index contributed by atoms with van der Waals surface area (Å²) in [6.07, 6.45) is 2.68. The molecule has 3 rings (SSSR count). The first-order chi connectivity index (χ1) is 15.3. The molecule has 10 heteroatoms. The predicted molar refractivity (Wildman–Crippen MR) is 117 cm³/mol. The quantitative estimate of drug-likeness (QED) is 0.250. The predicted octanol–water partition coefficient (Wildman–Crippen LogP) is 3.07. The molecule has 0 fully saturated rings. The molecule has 0 amide bonds. The smallest absolute Gasteiger partial charge is 0.357 e. The molecule has 0 atom stereocenters. The molecule has 0 aliphatic heterocycles. The topological polar surface area (TPSA) is 144 Å². The fraction of sp³-hybridized carbons (Fsp3) is 0.136. The summed E-state index contributed by atoms with van der Waals surface area (Å²) in [5.41, 5.74) is -1.09. The number of H-pyrrole nitrogens is 2. The molecule has 1 heterocycles. The summed E-state index contributed by atoms with van der Waals surface area (Å²) in [5.74, 6) is -0.0694. The monoisotopic (exact) mass is 437 g/mol. The number of ether oxygens (including phenoxy) is 2. The molecule has 0 saturated carbocycles. The molecule has 0 aliphatic carbocycles. The Bertz CT molecular complexity index is 1300. The summed E-state index contributed by atoms with van der Waals surface area (Å²) < 4.78 is 11.0. The first-order valence-corrected chi connectivity index (χ1v) is 9.53. The SMILES string of the molecule is CCOc1cc(/C=C/c2[nH]c(=O)[nH]c(=O)c2[N+](=O)[O-])ccc1OC(=O)c1ccc(C)cc1. The zero-order valence-corrected chi connectivity index (χ0v) is 17.2. The molecule has 2 N–H and O–H groups in total. The van der Waals surface area contributed by atoms with E-state index in [4.69, 9.17) is 9.47 Å². The van der Waals surface area contributed by atoms with Crippen LogP contribution in [-0.2, 0) is 0 Å². The summed E-state index contributed by atoms with van der Waals surface area (Å²) in [5, 5.41) is 11.1. The van der Waals surface area contributed by atoms with Crippen molar-refractivity contribution in [1.29, 1.82) is 0 Å². The number of rotatable bonds is 7. The molecule has 10 nitrogen and oxygen atoms in total. The first-order valence-electron chi connectivity index (χ1n) is 9.53. The summed E-state index contributed by atoms with van der Waals surface area (Å²) in [4.78, 5) is 49.9. The Labute approximate surface area is 181 Å². The van der Waals surface area contributed by atoms with Gasteiger partial charge in [-0.15, -0.1) is 0 Å². The molecule has 32 heavy (non-hydrogen) atoms. The van der Waals surface area contributed by atoms with Crippen molar-refractivity contribution in [2.45, 2.75) is 13.8 Å². The van der Waals surface area contributed by atoms with Crippen LogP contribution < -0.4 is 20.7 Å². The van der Waals surface area contributed by atoms with Crippen molar-refractivity contribution in [1.82, 2.24) is 9.97 Å². The van der Waals surface area contributed by atoms with Gasteiger partial charge in [0.1, 0.15) is 5.69 Å². The first kappa shape index (κ1) is 22.2. The molecule has 3 aromatic rings. The number of aryl methyl sites for hydroxylation is 1. The largest absolute Gasteiger partial charge is 0.490 e. The van der Waals surface area contributed by atoms with Crippen LogP contribution in [0.15, 0.2) is 52.1 Å². The van der Waals surface area contributed by atoms with Gasteiger partial charge >= 0.3 is 22.9 Å². The van der Waals surface area contributed by atoms with Crippen molar-refractivity contribution in [3.05, 3.63) is 95.8 Å². The highest BCUT2D eigenvalue weighted by Crippen LogP contribution is 2.30. The second-order valence-electron chi connectivity index (χ2n) is 6.66. The molecule has 0 saturated heterocycles. The third kappa shape index (κ3) is 5.17. The third-order valence-corrected chi connectivity index (χ3v) is 4.33. The Morgan fingerprint density at radius 2 is 1.78 bits per heavy atom. The third-order valence-electron chi connectivity index (χ3n) is 4.33. The Morgan fingerprint density at radius 1 is 1.06 bits per heavy atom. The van der Waals surface area contributed by atoms with E-state index < -0.39 is 27.8 Å². The van der Waals surface area contributed by atoms with E-state index in [9.17, 15) is 24.5 Å². The van der Waals surface area contributed by atoms with Crippen molar-refractivity contribution in [3.8, 4) is 11.5 Å². The Balaban J connectivity index is 1.90. The maximum atomic E-state index is 12.4. The van der Waals surface area contributed by atoms with Gasteiger partial charge in [0.15, 0.2) is 11.5 Å². The Morgan fingerprint density at radius 3 is 2.44 bits per heavy atom. The molecule has 1 aromatic heterocycles. The summed E-state index contributed by atoms with van der Waals surface area (Å²) in [7, 11) is 0. The van der Waals surface area contributed by atoms with Gasteiger partial charge in [-0.2, -0.15) is 0 Å². The van der Waals surface area contributed by atoms with Crippen molar-refractivity contribution in [2.24, 2.45) is 0 Å². The van der Waals surface area contributed by atoms with Crippen LogP contribution in [0.25, 0.3) is 12.2 Å². The van der Waals surface area contributed by atoms with Crippen LogP contribution in [0.2, 0.25) is 0 Å². The second-order valence-corrected chi connectivity index (χ2v) is 6.66. The van der Waals surface area contributed by atoms with Crippen molar-refractivity contribution < 1.29 is 19.2 Å². The molecule has 2 aromatic carbocycles. The molecule has 0 aliphatic rings. The number of nitro groups is 1. The molecule has 0 bridgehead atoms. The maximum Gasteiger partial charge on any atom is 0.357 e. The number of aromatic nitrogens is 2. The van der Waals surface area contributed by atoms with Crippen molar-refractivity contribution in [3.63, 3.8) is 0 Å². The van der Waals surface area contributed by atoms with E-state index in [1.54, 1.807) is 43.3 Å². The second kappa shape index (κ2) is 9.56. The lowest BCUT2D eigenvalue weighted by atomic mass is 10.1. The summed E-state index contributed by atoms with van der Waals surface area (Å²) in [6, 6.07) is 11.6. The number of nitrogens with one attached hydrogen (secondary N) is 2. The Hall–Kier alpha value is -4.47. The minimum atomic E-state index is -1.10. The van der Waals surface area contributed by atoms with Crippen LogP contribution in [0.4, 0.5) is 5.69 Å². The van der Waals surface area contributed by atoms with E-state index in [1.807, 2.05) is 11.9 Å². The van der Waals surface area contributed by atoms with Gasteiger partial charge < -0.3 is 14.5 Å². The average Bonchev–Trinajstić information content (AvgIpc) is 2.73. The molecule has 0 radical (unpaired) electrons. The number of benzene rings is 2. The van der Waals surface area contributed by atoms with E-state index in [1.165, 1.54) is 18.2 Å². The van der Waals surface area contributed by atoms with Crippen molar-refractivity contribution in [2.75, 3.05) is 6.61 Å². The number of hydrogen-bond donors (Lipinski definition) is 2. The number of carbonyl (C=O) groups is 1. The molecule has 0 unspecified atom stereocenters. The van der Waals surface area contributed by atoms with Crippen LogP contribution >= 0.6 is 0 Å². The van der Waals surface area contributed by atoms with E-state index in [2.05, 4.69) is 4.98 Å². The fourth-order valence-corrected chi connectivity index (χ4v) is 2.81. The lowest BCUT2D eigenvalue weighted by Crippen LogP contribution is -2.25. The maximum absolute atomic E-state index is 12.4. The van der Waals surface area contributed by atoms with E-state index in [0.29, 0.717) is 17.7 Å². The normalized spacial score (nSPS) is 10.8. The number of esters is 1. The van der Waals surface area contributed by atoms with E-state index >= 15 is 0 Å². The van der Waals surface area contributed by atoms with Crippen molar-refractivity contribution >= 4 is 23.8 Å². The Kier molecular flexibility index (Phi) is 6.64. The van der Waals surface area contributed by atoms with Gasteiger partial charge in [-0.3, -0.25) is 19.9 Å². The summed E-state index contributed by atoms with van der Waals surface area (Å²) >= 11 is 0. The van der Waals surface area contributed by atoms with Gasteiger partial charge in [-0.1, -0.05) is 29.8 Å². The van der Waals surface area contributed by atoms with Gasteiger partial charge in [0.25, 0.3) is 0 Å². The highest BCUT2D eigenvalue weighted by molar-refractivity contribution is 5.91. The molecule has 164 valence electrons. The van der Waals surface area contributed by atoms with E-state index in [-0.39, 0.29) is 17.2 Å². The van der Waals surface area contributed by atoms with Gasteiger partial charge in [-0.05, 0) is 49.8 Å². The fourth-order valence-electron chi connectivity index (χ4n) is 2.81. The zero-order valence-electron chi connectivity index (χ0n) is 17.2. The highest BCUT2D eigenvalue weighted by Gasteiger charge is 2.19. The standard InChI is InChI=1S/C22H19N3O7/c1-3-31-18-12-14(6-10-16-19(25(29)30)20(26)24-22(28)23-16)7-11-17(18)32-21(27)15-8-4-13(2)5-9-15/h4-12H,3H2,1-2H3,(H2,23,24,26,28)/b10-6+. The van der Waals surface area contributed by atoms with Crippen LogP contribution in [0.3, 0.4) is 0 Å². The molecular weight excluding hydrogens is 418 g/mol. The minimum absolute atomic E-state index is 0.199. The van der Waals surface area contributed by atoms with E-state index in [0.717, 1.165) is 5.56 Å². The van der Waals surface area contributed by atoms with Crippen LogP contribution in [0, 0.1) is 17.0 Å². The minimum Gasteiger partial charge on any atom is -0.490 e. The number of aromatic amines is 2. The van der Waals surface area contributed by atoms with Gasteiger partial charge in [-0.25, -0.2) is 9.59 Å². The lowest BCUT2D eigenvalue weighted by Gasteiger charge is -2.11. The zero-order chi connectivity index (χ0) is 23.3. The van der Waals surface area contributed by atoms with Gasteiger partial charge in [0, 0.05) is 0 Å².